The minimum atomic E-state index is -0.201. The van der Waals surface area contributed by atoms with Gasteiger partial charge in [-0.2, -0.15) is 5.10 Å². The van der Waals surface area contributed by atoms with Crippen LogP contribution in [-0.2, 0) is 4.79 Å². The first-order valence-corrected chi connectivity index (χ1v) is 5.98. The van der Waals surface area contributed by atoms with Crippen LogP contribution >= 0.6 is 12.2 Å². The van der Waals surface area contributed by atoms with Crippen molar-refractivity contribution >= 4 is 34.6 Å². The number of hydrogen-bond acceptors (Lipinski definition) is 3. The Bertz CT molecular complexity index is 534. The summed E-state index contributed by atoms with van der Waals surface area (Å²) in [6.07, 6.45) is 0. The van der Waals surface area contributed by atoms with Crippen LogP contribution in [0.1, 0.15) is 19.4 Å². The molecule has 19 heavy (non-hydrogen) atoms. The Morgan fingerprint density at radius 1 is 1.32 bits per heavy atom. The maximum Gasteiger partial charge on any atom is 0.250 e. The third-order valence-electron chi connectivity index (χ3n) is 2.28. The molecule has 4 N–H and O–H groups in total. The van der Waals surface area contributed by atoms with Gasteiger partial charge in [0.2, 0.25) is 0 Å². The molecule has 0 aromatic heterocycles. The zero-order valence-electron chi connectivity index (χ0n) is 10.9. The molecule has 0 aliphatic rings. The fourth-order valence-corrected chi connectivity index (χ4v) is 1.28. The van der Waals surface area contributed by atoms with Crippen molar-refractivity contribution in [3.8, 4) is 0 Å². The second-order valence-corrected chi connectivity index (χ2v) is 4.42. The number of nitrogens with zero attached hydrogens (tertiary/aromatic N) is 1. The highest BCUT2D eigenvalue weighted by Crippen LogP contribution is 2.11. The predicted octanol–water partition coefficient (Wildman–Crippen LogP) is 1.76. The summed E-state index contributed by atoms with van der Waals surface area (Å²) < 4.78 is 0. The van der Waals surface area contributed by atoms with E-state index in [2.05, 4.69) is 34.6 Å². The highest BCUT2D eigenvalue weighted by Gasteiger charge is 2.03. The molecule has 0 atom stereocenters. The van der Waals surface area contributed by atoms with Crippen molar-refractivity contribution in [2.75, 3.05) is 5.32 Å². The number of carbonyl (C=O) groups excluding carboxylic acids is 1. The summed E-state index contributed by atoms with van der Waals surface area (Å²) in [6, 6.07) is 7.26. The van der Waals surface area contributed by atoms with Gasteiger partial charge in [0, 0.05) is 11.3 Å². The summed E-state index contributed by atoms with van der Waals surface area (Å²) >= 11 is 4.66. The molecule has 0 radical (unpaired) electrons. The third-order valence-corrected chi connectivity index (χ3v) is 2.37. The smallest absolute Gasteiger partial charge is 0.250 e. The van der Waals surface area contributed by atoms with E-state index in [4.69, 9.17) is 5.73 Å². The van der Waals surface area contributed by atoms with Gasteiger partial charge in [0.15, 0.2) is 5.11 Å². The zero-order chi connectivity index (χ0) is 14.4. The van der Waals surface area contributed by atoms with Gasteiger partial charge in [0.1, 0.15) is 0 Å². The zero-order valence-corrected chi connectivity index (χ0v) is 11.7. The number of benzene rings is 1. The number of nitrogens with two attached hydrogens (primary N) is 1. The van der Waals surface area contributed by atoms with E-state index >= 15 is 0 Å². The first kappa shape index (κ1) is 14.8. The average Bonchev–Trinajstić information content (AvgIpc) is 2.36. The normalized spacial score (nSPS) is 10.7. The van der Waals surface area contributed by atoms with Gasteiger partial charge in [-0.05, 0) is 43.8 Å². The fourth-order valence-electron chi connectivity index (χ4n) is 1.24. The van der Waals surface area contributed by atoms with Crippen molar-refractivity contribution in [1.82, 2.24) is 5.43 Å². The highest BCUT2D eigenvalue weighted by molar-refractivity contribution is 7.80. The molecule has 0 unspecified atom stereocenters. The summed E-state index contributed by atoms with van der Waals surface area (Å²) in [7, 11) is 0. The molecular formula is C13H16N4OS. The summed E-state index contributed by atoms with van der Waals surface area (Å²) in [4.78, 5) is 11.4. The van der Waals surface area contributed by atoms with E-state index in [1.807, 2.05) is 19.1 Å². The Labute approximate surface area is 117 Å². The Hall–Kier alpha value is -2.21. The van der Waals surface area contributed by atoms with Gasteiger partial charge >= 0.3 is 0 Å². The van der Waals surface area contributed by atoms with E-state index in [9.17, 15) is 4.79 Å². The lowest BCUT2D eigenvalue weighted by molar-refractivity contribution is -0.112. The van der Waals surface area contributed by atoms with Crippen LogP contribution in [0.3, 0.4) is 0 Å². The van der Waals surface area contributed by atoms with Gasteiger partial charge in [-0.25, -0.2) is 0 Å². The molecule has 0 fully saturated rings. The van der Waals surface area contributed by atoms with Gasteiger partial charge in [0.05, 0.1) is 5.71 Å². The van der Waals surface area contributed by atoms with Crippen LogP contribution in [0.25, 0.3) is 0 Å². The molecular weight excluding hydrogens is 260 g/mol. The summed E-state index contributed by atoms with van der Waals surface area (Å²) in [5, 5.41) is 6.85. The molecule has 1 aromatic carbocycles. The molecule has 100 valence electrons. The molecule has 0 saturated heterocycles. The maximum atomic E-state index is 11.4. The van der Waals surface area contributed by atoms with E-state index in [1.165, 1.54) is 0 Å². The number of carbonyl (C=O) groups is 1. The molecule has 1 amide bonds. The van der Waals surface area contributed by atoms with Crippen molar-refractivity contribution in [3.05, 3.63) is 42.0 Å². The molecule has 6 heteroatoms. The number of hydrogen-bond donors (Lipinski definition) is 3. The summed E-state index contributed by atoms with van der Waals surface area (Å²) in [5.41, 5.74) is 10.6. The maximum absolute atomic E-state index is 11.4. The number of hydrazone groups is 1. The van der Waals surface area contributed by atoms with Gasteiger partial charge in [-0.1, -0.05) is 18.7 Å². The van der Waals surface area contributed by atoms with E-state index < -0.39 is 0 Å². The van der Waals surface area contributed by atoms with E-state index in [0.29, 0.717) is 11.3 Å². The molecule has 0 aliphatic heterocycles. The molecule has 0 spiro atoms. The van der Waals surface area contributed by atoms with Crippen LogP contribution in [0, 0.1) is 0 Å². The molecule has 1 aromatic rings. The van der Waals surface area contributed by atoms with Crippen molar-refractivity contribution in [1.29, 1.82) is 0 Å². The van der Waals surface area contributed by atoms with Crippen LogP contribution in [0.4, 0.5) is 5.69 Å². The third kappa shape index (κ3) is 4.89. The van der Waals surface area contributed by atoms with E-state index in [-0.39, 0.29) is 11.0 Å². The SMILES string of the molecule is C=C(C)C(=O)Nc1ccc(/C(C)=N/NC(N)=S)cc1. The number of anilines is 1. The minimum Gasteiger partial charge on any atom is -0.375 e. The number of nitrogens with one attached hydrogen (secondary N) is 2. The molecule has 0 heterocycles. The summed E-state index contributed by atoms with van der Waals surface area (Å²) in [6.45, 7) is 7.06. The Balaban J connectivity index is 2.76. The number of rotatable bonds is 4. The largest absolute Gasteiger partial charge is 0.375 e. The second-order valence-electron chi connectivity index (χ2n) is 3.99. The van der Waals surface area contributed by atoms with Gasteiger partial charge in [-0.15, -0.1) is 0 Å². The molecule has 0 aliphatic carbocycles. The number of thiocarbonyl (C=S) groups is 1. The summed E-state index contributed by atoms with van der Waals surface area (Å²) in [5.74, 6) is -0.201. The topological polar surface area (TPSA) is 79.5 Å². The van der Waals surface area contributed by atoms with Gasteiger partial charge in [-0.3, -0.25) is 10.2 Å². The van der Waals surface area contributed by atoms with Crippen molar-refractivity contribution in [2.45, 2.75) is 13.8 Å². The lowest BCUT2D eigenvalue weighted by atomic mass is 10.1. The standard InChI is InChI=1S/C13H16N4OS/c1-8(2)12(18)15-11-6-4-10(5-7-11)9(3)16-17-13(14)19/h4-7H,1H2,2-3H3,(H,15,18)(H3,14,17,19)/b16-9+. The van der Waals surface area contributed by atoms with E-state index in [1.54, 1.807) is 19.1 Å². The van der Waals surface area contributed by atoms with Crippen LogP contribution in [0.5, 0.6) is 0 Å². The van der Waals surface area contributed by atoms with E-state index in [0.717, 1.165) is 11.3 Å². The Morgan fingerprint density at radius 3 is 2.37 bits per heavy atom. The van der Waals surface area contributed by atoms with Crippen molar-refractivity contribution in [2.24, 2.45) is 10.8 Å². The van der Waals surface area contributed by atoms with Gasteiger partial charge in [0.25, 0.3) is 5.91 Å². The molecule has 0 bridgehead atoms. The fraction of sp³-hybridized carbons (Fsp3) is 0.154. The first-order chi connectivity index (χ1) is 8.90. The highest BCUT2D eigenvalue weighted by atomic mass is 32.1. The predicted molar refractivity (Wildman–Crippen MR) is 82.0 cm³/mol. The monoisotopic (exact) mass is 276 g/mol. The Kier molecular flexibility index (Phi) is 5.20. The van der Waals surface area contributed by atoms with Gasteiger partial charge < -0.3 is 11.1 Å². The van der Waals surface area contributed by atoms with Crippen LogP contribution < -0.4 is 16.5 Å². The molecule has 0 saturated carbocycles. The van der Waals surface area contributed by atoms with Crippen LogP contribution in [0.15, 0.2) is 41.5 Å². The lowest BCUT2D eigenvalue weighted by Gasteiger charge is -2.06. The van der Waals surface area contributed by atoms with Crippen molar-refractivity contribution in [3.63, 3.8) is 0 Å². The number of amides is 1. The quantitative estimate of drug-likeness (QED) is 0.339. The van der Waals surface area contributed by atoms with Crippen molar-refractivity contribution < 1.29 is 4.79 Å². The first-order valence-electron chi connectivity index (χ1n) is 5.57. The van der Waals surface area contributed by atoms with Crippen LogP contribution in [0.2, 0.25) is 0 Å². The lowest BCUT2D eigenvalue weighted by Crippen LogP contribution is -2.25. The Morgan fingerprint density at radius 2 is 1.89 bits per heavy atom. The molecule has 1 rings (SSSR count). The minimum absolute atomic E-state index is 0.115. The van der Waals surface area contributed by atoms with Crippen LogP contribution in [-0.4, -0.2) is 16.7 Å². The average molecular weight is 276 g/mol. The second kappa shape index (κ2) is 6.65. The molecule has 5 nitrogen and oxygen atoms in total.